The fraction of sp³-hybridized carbons (Fsp3) is 0.0909. The van der Waals surface area contributed by atoms with Gasteiger partial charge >= 0.3 is 0 Å². The van der Waals surface area contributed by atoms with Gasteiger partial charge in [-0.3, -0.25) is 14.3 Å². The van der Waals surface area contributed by atoms with Crippen LogP contribution in [0.5, 0.6) is 0 Å². The molecule has 0 atom stereocenters. The highest BCUT2D eigenvalue weighted by Crippen LogP contribution is 2.27. The molecule has 2 aromatic carbocycles. The highest BCUT2D eigenvalue weighted by atomic mass is 35.5. The van der Waals surface area contributed by atoms with Crippen LogP contribution < -0.4 is 5.32 Å². The van der Waals surface area contributed by atoms with Crippen molar-refractivity contribution in [3.05, 3.63) is 89.7 Å². The van der Waals surface area contributed by atoms with Crippen molar-refractivity contribution >= 4 is 29.3 Å². The molecule has 0 aliphatic heterocycles. The molecule has 0 aliphatic rings. The van der Waals surface area contributed by atoms with Crippen molar-refractivity contribution in [3.8, 4) is 17.1 Å². The first-order valence-corrected chi connectivity index (χ1v) is 10.6. The summed E-state index contributed by atoms with van der Waals surface area (Å²) in [6.45, 7) is 0.382. The van der Waals surface area contributed by atoms with Gasteiger partial charge in [0.25, 0.3) is 0 Å². The van der Waals surface area contributed by atoms with Gasteiger partial charge in [0.1, 0.15) is 0 Å². The third-order valence-corrected chi connectivity index (χ3v) is 5.65. The average molecular weight is 436 g/mol. The normalized spacial score (nSPS) is 10.7. The molecule has 2 heterocycles. The molecular weight excluding hydrogens is 418 g/mol. The van der Waals surface area contributed by atoms with E-state index in [9.17, 15) is 4.79 Å². The zero-order chi connectivity index (χ0) is 20.8. The Balaban J connectivity index is 1.51. The van der Waals surface area contributed by atoms with E-state index in [0.29, 0.717) is 22.5 Å². The maximum Gasteiger partial charge on any atom is 0.230 e. The van der Waals surface area contributed by atoms with Crippen molar-refractivity contribution in [1.82, 2.24) is 25.1 Å². The van der Waals surface area contributed by atoms with Gasteiger partial charge in [-0.15, -0.1) is 10.2 Å². The fourth-order valence-corrected chi connectivity index (χ4v) is 3.86. The minimum atomic E-state index is -0.104. The second-order valence-corrected chi connectivity index (χ2v) is 7.72. The Bertz CT molecular complexity index is 1130. The highest BCUT2D eigenvalue weighted by molar-refractivity contribution is 7.99. The van der Waals surface area contributed by atoms with Gasteiger partial charge in [0.2, 0.25) is 5.91 Å². The molecule has 6 nitrogen and oxygen atoms in total. The summed E-state index contributed by atoms with van der Waals surface area (Å²) in [7, 11) is 0. The number of hydrogen-bond acceptors (Lipinski definition) is 5. The molecule has 4 aromatic rings. The number of thioether (sulfide) groups is 1. The van der Waals surface area contributed by atoms with Crippen LogP contribution in [0, 0.1) is 0 Å². The molecule has 30 heavy (non-hydrogen) atoms. The molecule has 0 unspecified atom stereocenters. The number of nitrogens with zero attached hydrogens (tertiary/aromatic N) is 4. The average Bonchev–Trinajstić information content (AvgIpc) is 3.22. The van der Waals surface area contributed by atoms with Crippen LogP contribution in [-0.4, -0.2) is 31.4 Å². The minimum absolute atomic E-state index is 0.104. The Morgan fingerprint density at radius 2 is 1.70 bits per heavy atom. The molecule has 8 heteroatoms. The van der Waals surface area contributed by atoms with Crippen molar-refractivity contribution < 1.29 is 4.79 Å². The van der Waals surface area contributed by atoms with Gasteiger partial charge in [-0.1, -0.05) is 59.8 Å². The van der Waals surface area contributed by atoms with Crippen molar-refractivity contribution in [2.45, 2.75) is 11.7 Å². The number of hydrogen-bond donors (Lipinski definition) is 1. The Morgan fingerprint density at radius 3 is 2.47 bits per heavy atom. The van der Waals surface area contributed by atoms with Gasteiger partial charge in [-0.25, -0.2) is 0 Å². The third-order valence-electron chi connectivity index (χ3n) is 4.35. The number of nitrogens with one attached hydrogen (secondary N) is 1. The summed E-state index contributed by atoms with van der Waals surface area (Å²) < 4.78 is 1.95. The van der Waals surface area contributed by atoms with Gasteiger partial charge in [0.05, 0.1) is 5.75 Å². The lowest BCUT2D eigenvalue weighted by atomic mass is 10.2. The van der Waals surface area contributed by atoms with E-state index in [1.165, 1.54) is 11.8 Å². The molecule has 0 spiro atoms. The molecule has 0 bridgehead atoms. The summed E-state index contributed by atoms with van der Waals surface area (Å²) in [5.74, 6) is 0.807. The van der Waals surface area contributed by atoms with E-state index in [1.54, 1.807) is 18.5 Å². The van der Waals surface area contributed by atoms with E-state index < -0.39 is 0 Å². The Kier molecular flexibility index (Phi) is 6.41. The Labute approximate surface area is 183 Å². The third kappa shape index (κ3) is 4.69. The number of halogens is 1. The quantitative estimate of drug-likeness (QED) is 0.436. The molecule has 1 N–H and O–H groups in total. The molecule has 0 fully saturated rings. The molecule has 2 aromatic heterocycles. The Morgan fingerprint density at radius 1 is 0.967 bits per heavy atom. The topological polar surface area (TPSA) is 72.7 Å². The first kappa shape index (κ1) is 20.1. The number of carbonyl (C=O) groups excluding carboxylic acids is 1. The van der Waals surface area contributed by atoms with E-state index in [1.807, 2.05) is 65.2 Å². The maximum atomic E-state index is 12.4. The van der Waals surface area contributed by atoms with Gasteiger partial charge in [0.15, 0.2) is 11.0 Å². The van der Waals surface area contributed by atoms with E-state index in [0.717, 1.165) is 16.8 Å². The second-order valence-electron chi connectivity index (χ2n) is 6.37. The molecule has 4 rings (SSSR count). The monoisotopic (exact) mass is 435 g/mol. The second kappa shape index (κ2) is 9.56. The van der Waals surface area contributed by atoms with Gasteiger partial charge in [-0.05, 0) is 35.9 Å². The first-order valence-electron chi connectivity index (χ1n) is 9.26. The van der Waals surface area contributed by atoms with Crippen LogP contribution in [0.15, 0.2) is 84.3 Å². The summed E-state index contributed by atoms with van der Waals surface area (Å²) in [5.41, 5.74) is 2.70. The molecule has 0 aliphatic carbocycles. The lowest BCUT2D eigenvalue weighted by Crippen LogP contribution is -2.24. The van der Waals surface area contributed by atoms with Crippen LogP contribution in [-0.2, 0) is 11.3 Å². The van der Waals surface area contributed by atoms with Crippen LogP contribution in [0.25, 0.3) is 17.1 Å². The fourth-order valence-electron chi connectivity index (χ4n) is 2.88. The largest absolute Gasteiger partial charge is 0.351 e. The Hall–Kier alpha value is -3.16. The van der Waals surface area contributed by atoms with Gasteiger partial charge in [-0.2, -0.15) is 0 Å². The molecular formula is C22H18ClN5OS. The van der Waals surface area contributed by atoms with Crippen molar-refractivity contribution in [2.75, 3.05) is 5.75 Å². The minimum Gasteiger partial charge on any atom is -0.351 e. The molecule has 0 radical (unpaired) electrons. The van der Waals surface area contributed by atoms with Crippen LogP contribution >= 0.6 is 23.4 Å². The standard InChI is InChI=1S/C22H18ClN5OS/c23-19-9-5-4-6-17(19)14-25-20(29)15-30-22-27-26-21(16-10-12-24-13-11-16)28(22)18-7-2-1-3-8-18/h1-13H,14-15H2,(H,25,29). The van der Waals surface area contributed by atoms with E-state index in [2.05, 4.69) is 20.5 Å². The maximum absolute atomic E-state index is 12.4. The summed E-state index contributed by atoms with van der Waals surface area (Å²) in [6, 6.07) is 21.0. The van der Waals surface area contributed by atoms with E-state index >= 15 is 0 Å². The lowest BCUT2D eigenvalue weighted by Gasteiger charge is -2.10. The van der Waals surface area contributed by atoms with Gasteiger partial charge < -0.3 is 5.32 Å². The van der Waals surface area contributed by atoms with E-state index in [-0.39, 0.29) is 11.7 Å². The zero-order valence-corrected chi connectivity index (χ0v) is 17.5. The summed E-state index contributed by atoms with van der Waals surface area (Å²) in [4.78, 5) is 16.5. The molecule has 150 valence electrons. The SMILES string of the molecule is O=C(CSc1nnc(-c2ccncc2)n1-c1ccccc1)NCc1ccccc1Cl. The number of aromatic nitrogens is 4. The van der Waals surface area contributed by atoms with Crippen molar-refractivity contribution in [3.63, 3.8) is 0 Å². The molecule has 1 amide bonds. The van der Waals surface area contributed by atoms with Crippen LogP contribution in [0.1, 0.15) is 5.56 Å². The number of amides is 1. The van der Waals surface area contributed by atoms with Crippen LogP contribution in [0.2, 0.25) is 5.02 Å². The summed E-state index contributed by atoms with van der Waals surface area (Å²) >= 11 is 7.48. The smallest absolute Gasteiger partial charge is 0.230 e. The number of para-hydroxylation sites is 1. The van der Waals surface area contributed by atoms with E-state index in [4.69, 9.17) is 11.6 Å². The predicted octanol–water partition coefficient (Wildman–Crippen LogP) is 4.39. The number of rotatable bonds is 7. The number of benzene rings is 2. The van der Waals surface area contributed by atoms with Crippen LogP contribution in [0.4, 0.5) is 0 Å². The number of pyridine rings is 1. The van der Waals surface area contributed by atoms with Crippen molar-refractivity contribution in [1.29, 1.82) is 0 Å². The van der Waals surface area contributed by atoms with Gasteiger partial charge in [0, 0.05) is 35.2 Å². The number of carbonyl (C=O) groups is 1. The molecule has 0 saturated heterocycles. The molecule has 0 saturated carbocycles. The summed E-state index contributed by atoms with van der Waals surface area (Å²) in [6.07, 6.45) is 3.43. The zero-order valence-electron chi connectivity index (χ0n) is 15.9. The summed E-state index contributed by atoms with van der Waals surface area (Å²) in [5, 5.41) is 12.9. The first-order chi connectivity index (χ1) is 14.7. The van der Waals surface area contributed by atoms with Crippen molar-refractivity contribution in [2.24, 2.45) is 0 Å². The lowest BCUT2D eigenvalue weighted by molar-refractivity contribution is -0.118. The predicted molar refractivity (Wildman–Crippen MR) is 119 cm³/mol. The highest BCUT2D eigenvalue weighted by Gasteiger charge is 2.17. The van der Waals surface area contributed by atoms with Crippen LogP contribution in [0.3, 0.4) is 0 Å².